The molecule has 0 fully saturated rings. The van der Waals surface area contributed by atoms with Crippen LogP contribution in [-0.2, 0) is 0 Å². The van der Waals surface area contributed by atoms with Gasteiger partial charge in [-0.05, 0) is 19.1 Å². The first kappa shape index (κ1) is 9.58. The van der Waals surface area contributed by atoms with Crippen LogP contribution in [0.25, 0.3) is 11.0 Å². The second kappa shape index (κ2) is 4.04. The van der Waals surface area contributed by atoms with Crippen LogP contribution in [0.3, 0.4) is 0 Å². The Hall–Kier alpha value is -1.97. The van der Waals surface area contributed by atoms with Gasteiger partial charge >= 0.3 is 0 Å². The third kappa shape index (κ3) is 1.93. The van der Waals surface area contributed by atoms with E-state index in [0.717, 1.165) is 22.4 Å². The molecule has 0 spiro atoms. The quantitative estimate of drug-likeness (QED) is 0.591. The lowest BCUT2D eigenvalue weighted by Gasteiger charge is -2.01. The van der Waals surface area contributed by atoms with Gasteiger partial charge in [-0.15, -0.1) is 0 Å². The van der Waals surface area contributed by atoms with Crippen LogP contribution in [0.1, 0.15) is 12.6 Å². The van der Waals surface area contributed by atoms with Crippen LogP contribution in [0.4, 0.5) is 0 Å². The third-order valence-corrected chi connectivity index (χ3v) is 2.10. The predicted molar refractivity (Wildman–Crippen MR) is 60.8 cm³/mol. The smallest absolute Gasteiger partial charge is 0.105 e. The lowest BCUT2D eigenvalue weighted by molar-refractivity contribution is 0.897. The van der Waals surface area contributed by atoms with E-state index in [4.69, 9.17) is 0 Å². The molecule has 0 aliphatic heterocycles. The second-order valence-electron chi connectivity index (χ2n) is 3.16. The fourth-order valence-electron chi connectivity index (χ4n) is 1.36. The van der Waals surface area contributed by atoms with Gasteiger partial charge in [0.05, 0.1) is 22.9 Å². The number of hydrazone groups is 1. The lowest BCUT2D eigenvalue weighted by Crippen LogP contribution is -2.05. The average Bonchev–Trinajstić information content (AvgIpc) is 2.29. The zero-order chi connectivity index (χ0) is 10.7. The summed E-state index contributed by atoms with van der Waals surface area (Å²) in [6, 6.07) is 7.78. The molecule has 15 heavy (non-hydrogen) atoms. The summed E-state index contributed by atoms with van der Waals surface area (Å²) < 4.78 is 0. The molecule has 0 saturated carbocycles. The van der Waals surface area contributed by atoms with Crippen LogP contribution in [0.5, 0.6) is 0 Å². The number of aromatic nitrogens is 2. The number of nitrogens with one attached hydrogen (secondary N) is 1. The van der Waals surface area contributed by atoms with Gasteiger partial charge < -0.3 is 5.43 Å². The second-order valence-corrected chi connectivity index (χ2v) is 3.16. The molecule has 1 aromatic carbocycles. The molecule has 0 atom stereocenters. The summed E-state index contributed by atoms with van der Waals surface area (Å²) in [7, 11) is 1.76. The molecule has 0 unspecified atom stereocenters. The average molecular weight is 200 g/mol. The molecular formula is C11H12N4. The first-order valence-corrected chi connectivity index (χ1v) is 4.74. The summed E-state index contributed by atoms with van der Waals surface area (Å²) >= 11 is 0. The molecule has 0 bridgehead atoms. The van der Waals surface area contributed by atoms with Crippen molar-refractivity contribution < 1.29 is 0 Å². The Kier molecular flexibility index (Phi) is 2.58. The van der Waals surface area contributed by atoms with Crippen LogP contribution in [0.2, 0.25) is 0 Å². The van der Waals surface area contributed by atoms with Gasteiger partial charge in [-0.2, -0.15) is 5.10 Å². The highest BCUT2D eigenvalue weighted by molar-refractivity contribution is 5.97. The van der Waals surface area contributed by atoms with Crippen molar-refractivity contribution in [2.45, 2.75) is 6.92 Å². The molecular weight excluding hydrogens is 188 g/mol. The van der Waals surface area contributed by atoms with Crippen molar-refractivity contribution in [1.29, 1.82) is 0 Å². The zero-order valence-electron chi connectivity index (χ0n) is 8.73. The molecule has 2 rings (SSSR count). The van der Waals surface area contributed by atoms with Gasteiger partial charge in [0.15, 0.2) is 0 Å². The van der Waals surface area contributed by atoms with E-state index in [2.05, 4.69) is 20.5 Å². The lowest BCUT2D eigenvalue weighted by atomic mass is 10.2. The Morgan fingerprint density at radius 3 is 2.73 bits per heavy atom. The molecule has 1 aromatic heterocycles. The summed E-state index contributed by atoms with van der Waals surface area (Å²) in [6.07, 6.45) is 1.73. The van der Waals surface area contributed by atoms with Crippen LogP contribution >= 0.6 is 0 Å². The van der Waals surface area contributed by atoms with E-state index in [1.807, 2.05) is 31.2 Å². The number of rotatable bonds is 2. The highest BCUT2D eigenvalue weighted by atomic mass is 15.3. The van der Waals surface area contributed by atoms with Gasteiger partial charge in [0.2, 0.25) is 0 Å². The topological polar surface area (TPSA) is 50.2 Å². The van der Waals surface area contributed by atoms with Gasteiger partial charge in [0.1, 0.15) is 5.69 Å². The Morgan fingerprint density at radius 1 is 1.27 bits per heavy atom. The fraction of sp³-hybridized carbons (Fsp3) is 0.182. The van der Waals surface area contributed by atoms with E-state index >= 15 is 0 Å². The standard InChI is InChI=1S/C11H12N4/c1-8(15-12-2)11-7-13-9-5-3-4-6-10(9)14-11/h3-7,12H,1-2H3/b15-8-. The maximum Gasteiger partial charge on any atom is 0.105 e. The number of nitrogens with zero attached hydrogens (tertiary/aromatic N) is 3. The highest BCUT2D eigenvalue weighted by Crippen LogP contribution is 2.08. The van der Waals surface area contributed by atoms with Crippen molar-refractivity contribution in [2.75, 3.05) is 7.05 Å². The van der Waals surface area contributed by atoms with Crippen LogP contribution in [-0.4, -0.2) is 22.7 Å². The van der Waals surface area contributed by atoms with Crippen molar-refractivity contribution in [3.05, 3.63) is 36.2 Å². The molecule has 1 N–H and O–H groups in total. The number of para-hydroxylation sites is 2. The van der Waals surface area contributed by atoms with Crippen molar-refractivity contribution in [1.82, 2.24) is 15.4 Å². The van der Waals surface area contributed by atoms with Crippen LogP contribution in [0.15, 0.2) is 35.6 Å². The van der Waals surface area contributed by atoms with Crippen LogP contribution in [0, 0.1) is 0 Å². The molecule has 0 amide bonds. The number of hydrogen-bond acceptors (Lipinski definition) is 4. The minimum atomic E-state index is 0.794. The summed E-state index contributed by atoms with van der Waals surface area (Å²) in [6.45, 7) is 1.90. The Morgan fingerprint density at radius 2 is 2.00 bits per heavy atom. The van der Waals surface area contributed by atoms with E-state index in [1.54, 1.807) is 13.2 Å². The largest absolute Gasteiger partial charge is 0.313 e. The summed E-state index contributed by atoms with van der Waals surface area (Å²) in [5, 5.41) is 4.07. The summed E-state index contributed by atoms with van der Waals surface area (Å²) in [5.74, 6) is 0. The van der Waals surface area contributed by atoms with E-state index in [1.165, 1.54) is 0 Å². The first-order valence-electron chi connectivity index (χ1n) is 4.74. The Labute approximate surface area is 88.1 Å². The summed E-state index contributed by atoms with van der Waals surface area (Å²) in [5.41, 5.74) is 6.15. The van der Waals surface area contributed by atoms with Crippen molar-refractivity contribution in [3.63, 3.8) is 0 Å². The monoisotopic (exact) mass is 200 g/mol. The van der Waals surface area contributed by atoms with Gasteiger partial charge in [-0.3, -0.25) is 4.98 Å². The van der Waals surface area contributed by atoms with Crippen molar-refractivity contribution >= 4 is 16.7 Å². The number of fused-ring (bicyclic) bond motifs is 1. The van der Waals surface area contributed by atoms with Gasteiger partial charge in [0.25, 0.3) is 0 Å². The Bertz CT molecular complexity index is 505. The molecule has 1 heterocycles. The maximum absolute atomic E-state index is 4.46. The van der Waals surface area contributed by atoms with E-state index in [-0.39, 0.29) is 0 Å². The van der Waals surface area contributed by atoms with Crippen LogP contribution < -0.4 is 5.43 Å². The maximum atomic E-state index is 4.46. The van der Waals surface area contributed by atoms with Gasteiger partial charge in [-0.1, -0.05) is 12.1 Å². The molecule has 4 nitrogen and oxygen atoms in total. The van der Waals surface area contributed by atoms with E-state index in [0.29, 0.717) is 0 Å². The molecule has 0 radical (unpaired) electrons. The van der Waals surface area contributed by atoms with Crippen molar-refractivity contribution in [3.8, 4) is 0 Å². The van der Waals surface area contributed by atoms with E-state index in [9.17, 15) is 0 Å². The molecule has 0 aliphatic carbocycles. The SMILES string of the molecule is CN/N=C(/C)c1cnc2ccccc2n1. The van der Waals surface area contributed by atoms with E-state index < -0.39 is 0 Å². The van der Waals surface area contributed by atoms with Gasteiger partial charge in [0, 0.05) is 7.05 Å². The highest BCUT2D eigenvalue weighted by Gasteiger charge is 2.01. The Balaban J connectivity index is 2.51. The number of benzene rings is 1. The molecule has 0 aliphatic rings. The molecule has 76 valence electrons. The molecule has 0 saturated heterocycles. The van der Waals surface area contributed by atoms with Crippen molar-refractivity contribution in [2.24, 2.45) is 5.10 Å². The molecule has 2 aromatic rings. The first-order chi connectivity index (χ1) is 7.31. The third-order valence-electron chi connectivity index (χ3n) is 2.10. The molecule has 4 heteroatoms. The minimum absolute atomic E-state index is 0.794. The minimum Gasteiger partial charge on any atom is -0.313 e. The number of hydrogen-bond donors (Lipinski definition) is 1. The summed E-state index contributed by atoms with van der Waals surface area (Å²) in [4.78, 5) is 8.77. The normalized spacial score (nSPS) is 11.7. The zero-order valence-corrected chi connectivity index (χ0v) is 8.73. The predicted octanol–water partition coefficient (Wildman–Crippen LogP) is 1.57. The van der Waals surface area contributed by atoms with Gasteiger partial charge in [-0.25, -0.2) is 4.98 Å². The fourth-order valence-corrected chi connectivity index (χ4v) is 1.36.